The van der Waals surface area contributed by atoms with Crippen LogP contribution in [0.4, 0.5) is 4.79 Å². The van der Waals surface area contributed by atoms with Gasteiger partial charge in [0.2, 0.25) is 0 Å². The molecule has 0 aliphatic carbocycles. The molecule has 0 unspecified atom stereocenters. The molecule has 0 bridgehead atoms. The number of ether oxygens (including phenoxy) is 1. The molecule has 1 aliphatic heterocycles. The van der Waals surface area contributed by atoms with Gasteiger partial charge >= 0.3 is 6.03 Å². The normalized spacial score (nSPS) is 20.3. The van der Waals surface area contributed by atoms with Crippen molar-refractivity contribution in [3.05, 3.63) is 64.7 Å². The number of carbonyl (C=O) groups excluding carboxylic acids is 2. The van der Waals surface area contributed by atoms with Gasteiger partial charge in [-0.05, 0) is 47.7 Å². The molecule has 6 nitrogen and oxygen atoms in total. The molecule has 3 amide bonds. The Morgan fingerprint density at radius 1 is 1.10 bits per heavy atom. The van der Waals surface area contributed by atoms with Gasteiger partial charge < -0.3 is 15.2 Å². The Bertz CT molecular complexity index is 922. The highest BCUT2D eigenvalue weighted by atomic mass is 35.5. The molecule has 2 aromatic carbocycles. The zero-order chi connectivity index (χ0) is 22.1. The van der Waals surface area contributed by atoms with Crippen molar-refractivity contribution in [3.63, 3.8) is 0 Å². The second kappa shape index (κ2) is 8.28. The Hall–Kier alpha value is -2.57. The highest BCUT2D eigenvalue weighted by Crippen LogP contribution is 2.30. The van der Waals surface area contributed by atoms with Crippen LogP contribution in [0.15, 0.2) is 48.5 Å². The maximum atomic E-state index is 12.9. The molecular weight excluding hydrogens is 404 g/mol. The summed E-state index contributed by atoms with van der Waals surface area (Å²) in [6.07, 6.45) is -1.02. The van der Waals surface area contributed by atoms with E-state index in [0.717, 1.165) is 4.90 Å². The summed E-state index contributed by atoms with van der Waals surface area (Å²) >= 11 is 5.91. The van der Waals surface area contributed by atoms with Crippen LogP contribution in [0.25, 0.3) is 0 Å². The second-order valence-corrected chi connectivity index (χ2v) is 9.15. The van der Waals surface area contributed by atoms with Crippen molar-refractivity contribution in [2.24, 2.45) is 0 Å². The number of amides is 3. The Kier molecular flexibility index (Phi) is 6.11. The van der Waals surface area contributed by atoms with Crippen LogP contribution < -0.4 is 10.1 Å². The number of halogens is 1. The SMILES string of the molecule is CC(C)(C)c1ccc(OC[C@H](O)CN2C(=O)N[C@](C)(c3ccc(Cl)cc3)C2=O)cc1. The highest BCUT2D eigenvalue weighted by Gasteiger charge is 2.49. The van der Waals surface area contributed by atoms with Crippen molar-refractivity contribution in [1.82, 2.24) is 10.2 Å². The number of β-amino-alcohol motifs (C(OH)–C–C–N with tert-alkyl or cyclic N) is 1. The van der Waals surface area contributed by atoms with Gasteiger partial charge in [-0.3, -0.25) is 9.69 Å². The van der Waals surface area contributed by atoms with Crippen molar-refractivity contribution in [3.8, 4) is 5.75 Å². The van der Waals surface area contributed by atoms with Gasteiger partial charge in [-0.1, -0.05) is 56.6 Å². The molecule has 2 N–H and O–H groups in total. The van der Waals surface area contributed by atoms with Crippen LogP contribution in [0.3, 0.4) is 0 Å². The van der Waals surface area contributed by atoms with Crippen molar-refractivity contribution >= 4 is 23.5 Å². The summed E-state index contributed by atoms with van der Waals surface area (Å²) in [5.74, 6) is 0.189. The van der Waals surface area contributed by atoms with E-state index >= 15 is 0 Å². The van der Waals surface area contributed by atoms with Crippen LogP contribution in [0.5, 0.6) is 5.75 Å². The lowest BCUT2D eigenvalue weighted by atomic mass is 9.87. The zero-order valence-electron chi connectivity index (χ0n) is 17.6. The molecule has 2 aromatic rings. The predicted octanol–water partition coefficient (Wildman–Crippen LogP) is 3.84. The molecule has 0 radical (unpaired) electrons. The summed E-state index contributed by atoms with van der Waals surface area (Å²) in [6, 6.07) is 13.8. The van der Waals surface area contributed by atoms with Gasteiger partial charge in [0.15, 0.2) is 0 Å². The van der Waals surface area contributed by atoms with Crippen LogP contribution in [0.2, 0.25) is 5.02 Å². The predicted molar refractivity (Wildman–Crippen MR) is 116 cm³/mol. The maximum Gasteiger partial charge on any atom is 0.325 e. The number of rotatable bonds is 6. The van der Waals surface area contributed by atoms with E-state index in [1.54, 1.807) is 31.2 Å². The van der Waals surface area contributed by atoms with Gasteiger partial charge in [0.05, 0.1) is 6.54 Å². The number of benzene rings is 2. The minimum absolute atomic E-state index is 0.0381. The van der Waals surface area contributed by atoms with Gasteiger partial charge in [0, 0.05) is 5.02 Å². The van der Waals surface area contributed by atoms with E-state index in [-0.39, 0.29) is 18.6 Å². The van der Waals surface area contributed by atoms with Gasteiger partial charge in [-0.2, -0.15) is 0 Å². The quantitative estimate of drug-likeness (QED) is 0.682. The number of aliphatic hydroxyl groups is 1. The molecule has 1 saturated heterocycles. The molecule has 1 aliphatic rings. The van der Waals surface area contributed by atoms with Gasteiger partial charge in [0.25, 0.3) is 5.91 Å². The summed E-state index contributed by atoms with van der Waals surface area (Å²) in [6.45, 7) is 7.82. The first-order valence-corrected chi connectivity index (χ1v) is 10.2. The smallest absolute Gasteiger partial charge is 0.325 e. The lowest BCUT2D eigenvalue weighted by Crippen LogP contribution is -2.42. The van der Waals surface area contributed by atoms with E-state index in [1.807, 2.05) is 24.3 Å². The Balaban J connectivity index is 1.61. The molecule has 30 heavy (non-hydrogen) atoms. The molecule has 0 aromatic heterocycles. The molecule has 0 saturated carbocycles. The number of nitrogens with one attached hydrogen (secondary N) is 1. The van der Waals surface area contributed by atoms with Crippen LogP contribution in [-0.4, -0.2) is 41.2 Å². The summed E-state index contributed by atoms with van der Waals surface area (Å²) in [5, 5.41) is 13.6. The maximum absolute atomic E-state index is 12.9. The van der Waals surface area contributed by atoms with Crippen molar-refractivity contribution in [2.75, 3.05) is 13.2 Å². The monoisotopic (exact) mass is 430 g/mol. The average molecular weight is 431 g/mol. The molecular formula is C23H27ClN2O4. The molecule has 7 heteroatoms. The fourth-order valence-corrected chi connectivity index (χ4v) is 3.47. The largest absolute Gasteiger partial charge is 0.491 e. The summed E-state index contributed by atoms with van der Waals surface area (Å²) < 4.78 is 5.63. The number of nitrogens with zero attached hydrogens (tertiary/aromatic N) is 1. The second-order valence-electron chi connectivity index (χ2n) is 8.72. The Morgan fingerprint density at radius 2 is 1.70 bits per heavy atom. The third-order valence-corrected chi connectivity index (χ3v) is 5.50. The van der Waals surface area contributed by atoms with E-state index in [9.17, 15) is 14.7 Å². The van der Waals surface area contributed by atoms with Crippen molar-refractivity contribution < 1.29 is 19.4 Å². The number of aliphatic hydroxyl groups excluding tert-OH is 1. The topological polar surface area (TPSA) is 78.9 Å². The van der Waals surface area contributed by atoms with E-state index in [4.69, 9.17) is 16.3 Å². The van der Waals surface area contributed by atoms with Crippen LogP contribution in [-0.2, 0) is 15.7 Å². The number of hydrogen-bond acceptors (Lipinski definition) is 4. The van der Waals surface area contributed by atoms with E-state index in [1.165, 1.54) is 5.56 Å². The third kappa shape index (κ3) is 4.60. The fraction of sp³-hybridized carbons (Fsp3) is 0.391. The van der Waals surface area contributed by atoms with E-state index in [2.05, 4.69) is 26.1 Å². The fourth-order valence-electron chi connectivity index (χ4n) is 3.35. The lowest BCUT2D eigenvalue weighted by Gasteiger charge is -2.23. The van der Waals surface area contributed by atoms with Crippen LogP contribution >= 0.6 is 11.6 Å². The zero-order valence-corrected chi connectivity index (χ0v) is 18.4. The first-order chi connectivity index (χ1) is 14.0. The summed E-state index contributed by atoms with van der Waals surface area (Å²) in [7, 11) is 0. The minimum Gasteiger partial charge on any atom is -0.491 e. The number of imide groups is 1. The first kappa shape index (κ1) is 22.1. The van der Waals surface area contributed by atoms with Crippen LogP contribution in [0.1, 0.15) is 38.8 Å². The van der Waals surface area contributed by atoms with Gasteiger partial charge in [-0.25, -0.2) is 4.79 Å². The molecule has 1 heterocycles. The number of carbonyl (C=O) groups is 2. The summed E-state index contributed by atoms with van der Waals surface area (Å²) in [4.78, 5) is 26.3. The Morgan fingerprint density at radius 3 is 2.27 bits per heavy atom. The van der Waals surface area contributed by atoms with Gasteiger partial charge in [0.1, 0.15) is 24.0 Å². The molecule has 0 spiro atoms. The molecule has 1 fully saturated rings. The number of hydrogen-bond donors (Lipinski definition) is 2. The Labute approximate surface area is 181 Å². The molecule has 160 valence electrons. The molecule has 2 atom stereocenters. The van der Waals surface area contributed by atoms with Gasteiger partial charge in [-0.15, -0.1) is 0 Å². The minimum atomic E-state index is -1.20. The lowest BCUT2D eigenvalue weighted by molar-refractivity contribution is -0.132. The van der Waals surface area contributed by atoms with Crippen LogP contribution in [0, 0.1) is 0 Å². The highest BCUT2D eigenvalue weighted by molar-refractivity contribution is 6.30. The van der Waals surface area contributed by atoms with E-state index < -0.39 is 23.6 Å². The number of urea groups is 1. The summed E-state index contributed by atoms with van der Waals surface area (Å²) in [5.41, 5.74) is 0.636. The average Bonchev–Trinajstić information content (AvgIpc) is 2.90. The van der Waals surface area contributed by atoms with Crippen molar-refractivity contribution in [2.45, 2.75) is 44.8 Å². The third-order valence-electron chi connectivity index (χ3n) is 5.25. The first-order valence-electron chi connectivity index (χ1n) is 9.82. The van der Waals surface area contributed by atoms with E-state index in [0.29, 0.717) is 16.3 Å². The standard InChI is InChI=1S/C23H27ClN2O4/c1-22(2,3)15-7-11-19(12-8-15)30-14-18(27)13-26-20(28)23(4,25-21(26)29)16-5-9-17(24)10-6-16/h5-12,18,27H,13-14H2,1-4H3,(H,25,29)/t18-,23-/m1/s1. The molecule has 3 rings (SSSR count). The van der Waals surface area contributed by atoms with Crippen molar-refractivity contribution in [1.29, 1.82) is 0 Å².